The summed E-state index contributed by atoms with van der Waals surface area (Å²) in [6.45, 7) is 5.80. The van der Waals surface area contributed by atoms with Crippen LogP contribution in [0.5, 0.6) is 0 Å². The summed E-state index contributed by atoms with van der Waals surface area (Å²) in [6, 6.07) is 0. The minimum atomic E-state index is -0.377. The van der Waals surface area contributed by atoms with Gasteiger partial charge in [0.1, 0.15) is 0 Å². The maximum atomic E-state index is 9.96. The molecule has 0 aromatic heterocycles. The van der Waals surface area contributed by atoms with E-state index in [1.54, 1.807) is 0 Å². The lowest BCUT2D eigenvalue weighted by Gasteiger charge is -2.54. The van der Waals surface area contributed by atoms with Crippen molar-refractivity contribution in [3.05, 3.63) is 11.3 Å². The molecule has 1 saturated heterocycles. The van der Waals surface area contributed by atoms with Gasteiger partial charge in [-0.25, -0.2) is 0 Å². The second kappa shape index (κ2) is 3.72. The van der Waals surface area contributed by atoms with Gasteiger partial charge in [0, 0.05) is 18.3 Å². The third-order valence-corrected chi connectivity index (χ3v) is 5.25. The molecule has 1 spiro atoms. The molecular formula is C14H22O3. The first-order valence-corrected chi connectivity index (χ1v) is 6.76. The van der Waals surface area contributed by atoms with E-state index in [4.69, 9.17) is 9.47 Å². The Bertz CT molecular complexity index is 354. The van der Waals surface area contributed by atoms with Crippen molar-refractivity contribution in [2.24, 2.45) is 11.3 Å². The molecule has 0 radical (unpaired) electrons. The summed E-state index contributed by atoms with van der Waals surface area (Å²) >= 11 is 0. The Labute approximate surface area is 103 Å². The van der Waals surface area contributed by atoms with Crippen molar-refractivity contribution in [1.82, 2.24) is 0 Å². The van der Waals surface area contributed by atoms with E-state index in [0.29, 0.717) is 11.7 Å². The average molecular weight is 238 g/mol. The van der Waals surface area contributed by atoms with E-state index in [1.807, 2.05) is 0 Å². The lowest BCUT2D eigenvalue weighted by molar-refractivity contribution is -0.268. The molecule has 3 aliphatic rings. The third kappa shape index (κ3) is 1.42. The molecule has 1 N–H and O–H groups in total. The molecule has 2 atom stereocenters. The average Bonchev–Trinajstić information content (AvgIpc) is 2.78. The molecule has 3 nitrogen and oxygen atoms in total. The smallest absolute Gasteiger partial charge is 0.174 e. The molecule has 3 rings (SSSR count). The number of hydrogen-bond acceptors (Lipinski definition) is 3. The second-order valence-electron chi connectivity index (χ2n) is 5.94. The number of hydrogen-bond donors (Lipinski definition) is 1. The van der Waals surface area contributed by atoms with Crippen LogP contribution in [0.4, 0.5) is 0 Å². The molecule has 2 aliphatic carbocycles. The molecule has 0 aromatic rings. The Hall–Kier alpha value is -0.540. The molecule has 0 bridgehead atoms. The Kier molecular flexibility index (Phi) is 2.53. The number of aliphatic hydroxyl groups is 1. The minimum absolute atomic E-state index is 0.0397. The largest absolute Gasteiger partial charge is 0.512 e. The summed E-state index contributed by atoms with van der Waals surface area (Å²) in [5.74, 6) is 0.642. The van der Waals surface area contributed by atoms with Gasteiger partial charge in [0.15, 0.2) is 5.79 Å². The summed E-state index contributed by atoms with van der Waals surface area (Å²) in [7, 11) is 0. The van der Waals surface area contributed by atoms with Crippen molar-refractivity contribution in [2.75, 3.05) is 13.2 Å². The van der Waals surface area contributed by atoms with E-state index in [0.717, 1.165) is 50.9 Å². The van der Waals surface area contributed by atoms with Gasteiger partial charge >= 0.3 is 0 Å². The van der Waals surface area contributed by atoms with E-state index >= 15 is 0 Å². The van der Waals surface area contributed by atoms with E-state index in [1.165, 1.54) is 0 Å². The lowest BCUT2D eigenvalue weighted by atomic mass is 9.57. The van der Waals surface area contributed by atoms with Gasteiger partial charge in [-0.3, -0.25) is 0 Å². The fraction of sp³-hybridized carbons (Fsp3) is 0.857. The van der Waals surface area contributed by atoms with Crippen LogP contribution in [0.1, 0.15) is 46.0 Å². The van der Waals surface area contributed by atoms with Crippen LogP contribution >= 0.6 is 0 Å². The Balaban J connectivity index is 2.01. The quantitative estimate of drug-likeness (QED) is 0.704. The van der Waals surface area contributed by atoms with Gasteiger partial charge in [-0.1, -0.05) is 6.92 Å². The predicted octanol–water partition coefficient (Wildman–Crippen LogP) is 3.16. The molecule has 3 heteroatoms. The van der Waals surface area contributed by atoms with Gasteiger partial charge in [0.2, 0.25) is 0 Å². The van der Waals surface area contributed by atoms with Crippen molar-refractivity contribution in [3.8, 4) is 0 Å². The molecule has 17 heavy (non-hydrogen) atoms. The molecule has 1 saturated carbocycles. The Morgan fingerprint density at radius 1 is 1.24 bits per heavy atom. The maximum Gasteiger partial charge on any atom is 0.174 e. The van der Waals surface area contributed by atoms with Gasteiger partial charge < -0.3 is 14.6 Å². The van der Waals surface area contributed by atoms with Gasteiger partial charge in [-0.05, 0) is 37.7 Å². The first-order chi connectivity index (χ1) is 8.09. The number of allylic oxidation sites excluding steroid dienone is 2. The van der Waals surface area contributed by atoms with Crippen LogP contribution < -0.4 is 0 Å². The topological polar surface area (TPSA) is 38.7 Å². The van der Waals surface area contributed by atoms with Crippen LogP contribution in [-0.4, -0.2) is 24.1 Å². The first kappa shape index (κ1) is 11.5. The van der Waals surface area contributed by atoms with Crippen LogP contribution in [0.3, 0.4) is 0 Å². The van der Waals surface area contributed by atoms with E-state index in [2.05, 4.69) is 13.8 Å². The molecular weight excluding hydrogens is 216 g/mol. The zero-order valence-corrected chi connectivity index (χ0v) is 10.8. The summed E-state index contributed by atoms with van der Waals surface area (Å²) in [5.41, 5.74) is 1.20. The Morgan fingerprint density at radius 2 is 1.94 bits per heavy atom. The summed E-state index contributed by atoms with van der Waals surface area (Å²) < 4.78 is 12.0. The molecule has 0 amide bonds. The van der Waals surface area contributed by atoms with Crippen LogP contribution in [0.25, 0.3) is 0 Å². The van der Waals surface area contributed by atoms with Crippen molar-refractivity contribution in [2.45, 2.75) is 51.7 Å². The van der Waals surface area contributed by atoms with Crippen LogP contribution in [0.2, 0.25) is 0 Å². The molecule has 1 aliphatic heterocycles. The molecule has 1 heterocycles. The van der Waals surface area contributed by atoms with Gasteiger partial charge in [0.25, 0.3) is 0 Å². The molecule has 0 unspecified atom stereocenters. The monoisotopic (exact) mass is 238 g/mol. The number of rotatable bonds is 0. The number of fused-ring (bicyclic) bond motifs is 2. The molecule has 96 valence electrons. The van der Waals surface area contributed by atoms with E-state index in [-0.39, 0.29) is 11.2 Å². The standard InChI is InChI=1S/C14H22O3/c1-10-11-4-3-6-14(16-8-9-17-14)13(11,2)7-5-12(10)15/h11,15H,3-9H2,1-2H3/t11-,13-/m0/s1. The highest BCUT2D eigenvalue weighted by molar-refractivity contribution is 5.21. The van der Waals surface area contributed by atoms with Crippen molar-refractivity contribution < 1.29 is 14.6 Å². The highest BCUT2D eigenvalue weighted by atomic mass is 16.7. The van der Waals surface area contributed by atoms with Crippen LogP contribution in [0, 0.1) is 11.3 Å². The van der Waals surface area contributed by atoms with Crippen LogP contribution in [0.15, 0.2) is 11.3 Å². The minimum Gasteiger partial charge on any atom is -0.512 e. The number of aliphatic hydroxyl groups excluding tert-OH is 1. The van der Waals surface area contributed by atoms with Crippen molar-refractivity contribution >= 4 is 0 Å². The van der Waals surface area contributed by atoms with Gasteiger partial charge in [-0.15, -0.1) is 0 Å². The lowest BCUT2D eigenvalue weighted by Crippen LogP contribution is -2.56. The summed E-state index contributed by atoms with van der Waals surface area (Å²) in [6.07, 6.45) is 5.04. The third-order valence-electron chi connectivity index (χ3n) is 5.25. The normalized spacial score (nSPS) is 40.7. The fourth-order valence-corrected chi connectivity index (χ4v) is 4.17. The fourth-order valence-electron chi connectivity index (χ4n) is 4.17. The molecule has 0 aromatic carbocycles. The first-order valence-electron chi connectivity index (χ1n) is 6.76. The van der Waals surface area contributed by atoms with E-state index in [9.17, 15) is 5.11 Å². The van der Waals surface area contributed by atoms with Crippen molar-refractivity contribution in [3.63, 3.8) is 0 Å². The summed E-state index contributed by atoms with van der Waals surface area (Å²) in [5, 5.41) is 9.96. The zero-order chi connectivity index (χ0) is 12.1. The highest BCUT2D eigenvalue weighted by Gasteiger charge is 2.59. The molecule has 2 fully saturated rings. The highest BCUT2D eigenvalue weighted by Crippen LogP contribution is 2.59. The van der Waals surface area contributed by atoms with Gasteiger partial charge in [0.05, 0.1) is 19.0 Å². The maximum absolute atomic E-state index is 9.96. The summed E-state index contributed by atoms with van der Waals surface area (Å²) in [4.78, 5) is 0. The second-order valence-corrected chi connectivity index (χ2v) is 5.94. The van der Waals surface area contributed by atoms with Crippen molar-refractivity contribution in [1.29, 1.82) is 0 Å². The Morgan fingerprint density at radius 3 is 2.65 bits per heavy atom. The van der Waals surface area contributed by atoms with E-state index < -0.39 is 0 Å². The SMILES string of the molecule is CC1=C(O)CC[C@@]2(C)[C@H]1CCCC21OCCO1. The zero-order valence-electron chi connectivity index (χ0n) is 10.8. The predicted molar refractivity (Wildman–Crippen MR) is 64.6 cm³/mol. The van der Waals surface area contributed by atoms with Gasteiger partial charge in [-0.2, -0.15) is 0 Å². The van der Waals surface area contributed by atoms with Crippen LogP contribution in [-0.2, 0) is 9.47 Å². The number of ether oxygens (including phenoxy) is 2.